The van der Waals surface area contributed by atoms with Crippen LogP contribution in [0.5, 0.6) is 0 Å². The molecule has 9 heteroatoms. The van der Waals surface area contributed by atoms with E-state index in [-0.39, 0.29) is 42.5 Å². The highest BCUT2D eigenvalue weighted by molar-refractivity contribution is 6.01. The molecule has 29 heavy (non-hydrogen) atoms. The number of nitrogens with zero attached hydrogens (tertiary/aromatic N) is 3. The molecule has 1 N–H and O–H groups in total. The van der Waals surface area contributed by atoms with Crippen LogP contribution in [0.1, 0.15) is 46.7 Å². The number of hydrogen-bond donors (Lipinski definition) is 1. The van der Waals surface area contributed by atoms with Crippen LogP contribution in [-0.4, -0.2) is 45.9 Å². The lowest BCUT2D eigenvalue weighted by Gasteiger charge is -2.35. The number of carbonyl (C=O) groups excluding carboxylic acids is 2. The SMILES string of the molecule is O=C(CN1C[C@]2(C[C@@H]2F)c2c(ccc(C3CC3)c2F)C1=O)Nc1ncc(F)cn1. The first-order chi connectivity index (χ1) is 13.9. The molecule has 3 aliphatic rings. The third-order valence-electron chi connectivity index (χ3n) is 5.87. The molecule has 0 bridgehead atoms. The van der Waals surface area contributed by atoms with E-state index in [9.17, 15) is 18.4 Å². The van der Waals surface area contributed by atoms with Crippen LogP contribution < -0.4 is 5.32 Å². The van der Waals surface area contributed by atoms with Gasteiger partial charge in [0.25, 0.3) is 5.91 Å². The number of amides is 2. The molecule has 2 aromatic rings. The molecule has 2 atom stereocenters. The molecule has 2 fully saturated rings. The van der Waals surface area contributed by atoms with Crippen LogP contribution in [0.2, 0.25) is 0 Å². The van der Waals surface area contributed by atoms with E-state index in [1.54, 1.807) is 12.1 Å². The monoisotopic (exact) mass is 402 g/mol. The average Bonchev–Trinajstić information content (AvgIpc) is 3.60. The average molecular weight is 402 g/mol. The number of alkyl halides is 1. The molecule has 2 saturated carbocycles. The van der Waals surface area contributed by atoms with Crippen LogP contribution in [0, 0.1) is 11.6 Å². The van der Waals surface area contributed by atoms with Gasteiger partial charge in [-0.3, -0.25) is 14.9 Å². The second kappa shape index (κ2) is 6.27. The van der Waals surface area contributed by atoms with Crippen molar-refractivity contribution >= 4 is 17.8 Å². The lowest BCUT2D eigenvalue weighted by atomic mass is 9.83. The Labute approximate surface area is 164 Å². The number of aromatic nitrogens is 2. The number of fused-ring (bicyclic) bond motifs is 2. The minimum absolute atomic E-state index is 0.0667. The Morgan fingerprint density at radius 2 is 1.93 bits per heavy atom. The van der Waals surface area contributed by atoms with Crippen molar-refractivity contribution in [2.45, 2.75) is 36.8 Å². The van der Waals surface area contributed by atoms with E-state index in [2.05, 4.69) is 15.3 Å². The first kappa shape index (κ1) is 18.1. The molecule has 1 aliphatic heterocycles. The number of hydrogen-bond acceptors (Lipinski definition) is 4. The highest BCUT2D eigenvalue weighted by Gasteiger charge is 2.62. The van der Waals surface area contributed by atoms with Crippen molar-refractivity contribution in [3.8, 4) is 0 Å². The summed E-state index contributed by atoms with van der Waals surface area (Å²) in [5.41, 5.74) is -0.262. The van der Waals surface area contributed by atoms with Gasteiger partial charge in [0.15, 0.2) is 5.82 Å². The van der Waals surface area contributed by atoms with Crippen molar-refractivity contribution < 1.29 is 22.8 Å². The summed E-state index contributed by atoms with van der Waals surface area (Å²) >= 11 is 0. The predicted octanol–water partition coefficient (Wildman–Crippen LogP) is 2.71. The molecule has 0 radical (unpaired) electrons. The van der Waals surface area contributed by atoms with E-state index in [1.807, 2.05) is 0 Å². The molecule has 1 aromatic carbocycles. The number of halogens is 3. The Balaban J connectivity index is 1.41. The van der Waals surface area contributed by atoms with Crippen LogP contribution >= 0.6 is 0 Å². The highest BCUT2D eigenvalue weighted by atomic mass is 19.1. The van der Waals surface area contributed by atoms with E-state index in [1.165, 1.54) is 4.90 Å². The summed E-state index contributed by atoms with van der Waals surface area (Å²) in [7, 11) is 0. The molecule has 2 amide bonds. The predicted molar refractivity (Wildman–Crippen MR) is 96.1 cm³/mol. The molecule has 2 aliphatic carbocycles. The third-order valence-corrected chi connectivity index (χ3v) is 5.87. The molecule has 6 nitrogen and oxygen atoms in total. The van der Waals surface area contributed by atoms with E-state index in [0.29, 0.717) is 5.56 Å². The van der Waals surface area contributed by atoms with Gasteiger partial charge >= 0.3 is 0 Å². The topological polar surface area (TPSA) is 75.2 Å². The summed E-state index contributed by atoms with van der Waals surface area (Å²) < 4.78 is 42.5. The Morgan fingerprint density at radius 3 is 2.55 bits per heavy atom. The number of anilines is 1. The van der Waals surface area contributed by atoms with Crippen molar-refractivity contribution in [3.05, 3.63) is 52.9 Å². The van der Waals surface area contributed by atoms with Crippen molar-refractivity contribution in [2.75, 3.05) is 18.4 Å². The van der Waals surface area contributed by atoms with Gasteiger partial charge in [-0.25, -0.2) is 23.1 Å². The molecule has 0 unspecified atom stereocenters. The van der Waals surface area contributed by atoms with Crippen LogP contribution in [0.25, 0.3) is 0 Å². The van der Waals surface area contributed by atoms with E-state index >= 15 is 4.39 Å². The third kappa shape index (κ3) is 2.95. The van der Waals surface area contributed by atoms with Crippen LogP contribution in [0.3, 0.4) is 0 Å². The van der Waals surface area contributed by atoms with Gasteiger partial charge in [-0.2, -0.15) is 0 Å². The quantitative estimate of drug-likeness (QED) is 0.853. The Bertz CT molecular complexity index is 1030. The molecule has 1 spiro atoms. The molecule has 5 rings (SSSR count). The minimum atomic E-state index is -1.26. The molecule has 0 saturated heterocycles. The highest BCUT2D eigenvalue weighted by Crippen LogP contribution is 2.56. The second-order valence-electron chi connectivity index (χ2n) is 7.93. The largest absolute Gasteiger partial charge is 0.328 e. The zero-order valence-corrected chi connectivity index (χ0v) is 15.3. The standard InChI is InChI=1S/C20H17F3N4O2/c21-11-6-24-19(25-7-11)26-15(28)8-27-9-20(5-14(20)22)16-13(18(27)29)4-3-12(17(16)23)10-1-2-10/h3-4,6-7,10,14H,1-2,5,8-9H2,(H,24,25,26,28)/t14-,20-/m0/s1. The fraction of sp³-hybridized carbons (Fsp3) is 0.400. The smallest absolute Gasteiger partial charge is 0.254 e. The number of benzene rings is 1. The van der Waals surface area contributed by atoms with Gasteiger partial charge in [0.2, 0.25) is 11.9 Å². The Morgan fingerprint density at radius 1 is 1.24 bits per heavy atom. The van der Waals surface area contributed by atoms with Crippen LogP contribution in [0.4, 0.5) is 19.1 Å². The van der Waals surface area contributed by atoms with E-state index in [4.69, 9.17) is 0 Å². The molecular weight excluding hydrogens is 385 g/mol. The zero-order valence-electron chi connectivity index (χ0n) is 15.3. The fourth-order valence-electron chi connectivity index (χ4n) is 4.15. The van der Waals surface area contributed by atoms with E-state index < -0.39 is 35.0 Å². The summed E-state index contributed by atoms with van der Waals surface area (Å²) in [6.07, 6.45) is 2.46. The number of nitrogens with one attached hydrogen (secondary N) is 1. The minimum Gasteiger partial charge on any atom is -0.328 e. The lowest BCUT2D eigenvalue weighted by molar-refractivity contribution is -0.117. The fourth-order valence-corrected chi connectivity index (χ4v) is 4.15. The maximum Gasteiger partial charge on any atom is 0.254 e. The summed E-state index contributed by atoms with van der Waals surface area (Å²) in [4.78, 5) is 33.7. The van der Waals surface area contributed by atoms with Crippen LogP contribution in [0.15, 0.2) is 24.5 Å². The zero-order chi connectivity index (χ0) is 20.3. The maximum absolute atomic E-state index is 15.2. The van der Waals surface area contributed by atoms with Gasteiger partial charge in [0.05, 0.1) is 17.8 Å². The second-order valence-corrected chi connectivity index (χ2v) is 7.93. The Hall–Kier alpha value is -2.97. The van der Waals surface area contributed by atoms with Gasteiger partial charge in [-0.1, -0.05) is 6.07 Å². The number of rotatable bonds is 4. The number of carbonyl (C=O) groups is 2. The van der Waals surface area contributed by atoms with Crippen molar-refractivity contribution in [3.63, 3.8) is 0 Å². The van der Waals surface area contributed by atoms with Gasteiger partial charge in [0.1, 0.15) is 18.5 Å². The van der Waals surface area contributed by atoms with Gasteiger partial charge in [-0.15, -0.1) is 0 Å². The molecular formula is C20H17F3N4O2. The van der Waals surface area contributed by atoms with Crippen LogP contribution in [-0.2, 0) is 10.2 Å². The molecule has 1 aromatic heterocycles. The first-order valence-corrected chi connectivity index (χ1v) is 9.42. The van der Waals surface area contributed by atoms with Crippen molar-refractivity contribution in [1.29, 1.82) is 0 Å². The maximum atomic E-state index is 15.2. The molecule has 2 heterocycles. The van der Waals surface area contributed by atoms with Gasteiger partial charge in [0, 0.05) is 17.7 Å². The first-order valence-electron chi connectivity index (χ1n) is 9.42. The molecule has 150 valence electrons. The van der Waals surface area contributed by atoms with Gasteiger partial charge < -0.3 is 4.90 Å². The normalized spacial score (nSPS) is 25.1. The summed E-state index contributed by atoms with van der Waals surface area (Å²) in [6, 6.07) is 3.15. The van der Waals surface area contributed by atoms with Crippen molar-refractivity contribution in [2.24, 2.45) is 0 Å². The summed E-state index contributed by atoms with van der Waals surface area (Å²) in [5, 5.41) is 2.37. The summed E-state index contributed by atoms with van der Waals surface area (Å²) in [5.74, 6) is -2.20. The Kier molecular flexibility index (Phi) is 3.91. The van der Waals surface area contributed by atoms with E-state index in [0.717, 1.165) is 25.2 Å². The summed E-state index contributed by atoms with van der Waals surface area (Å²) in [6.45, 7) is -0.428. The lowest BCUT2D eigenvalue weighted by Crippen LogP contribution is -2.48. The van der Waals surface area contributed by atoms with Crippen molar-refractivity contribution in [1.82, 2.24) is 14.9 Å². The van der Waals surface area contributed by atoms with Gasteiger partial charge in [-0.05, 0) is 36.8 Å².